The van der Waals surface area contributed by atoms with Crippen molar-refractivity contribution in [3.8, 4) is 0 Å². The molecule has 1 aromatic heterocycles. The van der Waals surface area contributed by atoms with Gasteiger partial charge in [0.1, 0.15) is 5.82 Å². The van der Waals surface area contributed by atoms with Crippen LogP contribution in [0.15, 0.2) is 60.9 Å². The highest BCUT2D eigenvalue weighted by Crippen LogP contribution is 2.20. The van der Waals surface area contributed by atoms with E-state index in [1.807, 2.05) is 36.7 Å². The first-order chi connectivity index (χ1) is 8.83. The van der Waals surface area contributed by atoms with Gasteiger partial charge < -0.3 is 0 Å². The van der Waals surface area contributed by atoms with E-state index >= 15 is 0 Å². The van der Waals surface area contributed by atoms with Crippen LogP contribution < -0.4 is 0 Å². The Hall–Kier alpha value is -2.22. The van der Waals surface area contributed by atoms with Crippen LogP contribution in [0.5, 0.6) is 0 Å². The largest absolute Gasteiger partial charge is 0.264 e. The topological polar surface area (TPSA) is 12.9 Å². The van der Waals surface area contributed by atoms with Gasteiger partial charge in [0, 0.05) is 17.8 Å². The van der Waals surface area contributed by atoms with Crippen LogP contribution in [0.1, 0.15) is 11.1 Å². The Morgan fingerprint density at radius 1 is 0.944 bits per heavy atom. The molecular formula is C16H12FN. The van der Waals surface area contributed by atoms with E-state index in [1.54, 1.807) is 12.1 Å². The predicted molar refractivity (Wildman–Crippen MR) is 70.9 cm³/mol. The lowest BCUT2D eigenvalue weighted by Crippen LogP contribution is -1.92. The third-order valence-electron chi connectivity index (χ3n) is 3.03. The van der Waals surface area contributed by atoms with Crippen molar-refractivity contribution in [1.29, 1.82) is 0 Å². The number of hydrogen-bond acceptors (Lipinski definition) is 1. The average molecular weight is 237 g/mol. The molecule has 0 unspecified atom stereocenters. The Morgan fingerprint density at radius 3 is 2.72 bits per heavy atom. The summed E-state index contributed by atoms with van der Waals surface area (Å²) in [4.78, 5) is 4.24. The fraction of sp³-hybridized carbons (Fsp3) is 0.0625. The highest BCUT2D eigenvalue weighted by atomic mass is 19.1. The third-order valence-corrected chi connectivity index (χ3v) is 3.03. The SMILES string of the molecule is Fc1cccc(Cc2cncc3ccccc23)c1. The molecule has 0 bridgehead atoms. The molecule has 0 amide bonds. The quantitative estimate of drug-likeness (QED) is 0.657. The molecule has 0 atom stereocenters. The molecule has 1 heterocycles. The van der Waals surface area contributed by atoms with E-state index in [1.165, 1.54) is 11.5 Å². The summed E-state index contributed by atoms with van der Waals surface area (Å²) in [6, 6.07) is 14.8. The van der Waals surface area contributed by atoms with Gasteiger partial charge in [0.25, 0.3) is 0 Å². The molecule has 0 aliphatic rings. The Balaban J connectivity index is 2.05. The summed E-state index contributed by atoms with van der Waals surface area (Å²) in [5.74, 6) is -0.194. The monoisotopic (exact) mass is 237 g/mol. The predicted octanol–water partition coefficient (Wildman–Crippen LogP) is 3.96. The fourth-order valence-corrected chi connectivity index (χ4v) is 2.19. The molecule has 0 saturated heterocycles. The molecule has 0 aliphatic carbocycles. The van der Waals surface area contributed by atoms with E-state index in [0.29, 0.717) is 6.42 Å². The van der Waals surface area contributed by atoms with Gasteiger partial charge in [-0.1, -0.05) is 36.4 Å². The molecule has 3 rings (SSSR count). The molecule has 1 nitrogen and oxygen atoms in total. The van der Waals surface area contributed by atoms with Crippen LogP contribution in [0, 0.1) is 5.82 Å². The third kappa shape index (κ3) is 2.09. The van der Waals surface area contributed by atoms with Crippen molar-refractivity contribution < 1.29 is 4.39 Å². The van der Waals surface area contributed by atoms with E-state index in [-0.39, 0.29) is 5.82 Å². The van der Waals surface area contributed by atoms with Crippen LogP contribution in [0.25, 0.3) is 10.8 Å². The first-order valence-electron chi connectivity index (χ1n) is 5.89. The summed E-state index contributed by atoms with van der Waals surface area (Å²) < 4.78 is 13.2. The summed E-state index contributed by atoms with van der Waals surface area (Å²) in [7, 11) is 0. The number of fused-ring (bicyclic) bond motifs is 1. The van der Waals surface area contributed by atoms with E-state index in [2.05, 4.69) is 11.1 Å². The molecule has 88 valence electrons. The number of benzene rings is 2. The molecule has 2 heteroatoms. The van der Waals surface area contributed by atoms with Gasteiger partial charge in [-0.3, -0.25) is 4.98 Å². The van der Waals surface area contributed by atoms with Crippen molar-refractivity contribution in [3.05, 3.63) is 77.9 Å². The summed E-state index contributed by atoms with van der Waals surface area (Å²) in [5.41, 5.74) is 2.09. The van der Waals surface area contributed by atoms with E-state index < -0.39 is 0 Å². The van der Waals surface area contributed by atoms with Crippen LogP contribution in [0.4, 0.5) is 4.39 Å². The highest BCUT2D eigenvalue weighted by Gasteiger charge is 2.03. The average Bonchev–Trinajstić information content (AvgIpc) is 2.39. The lowest BCUT2D eigenvalue weighted by Gasteiger charge is -2.06. The van der Waals surface area contributed by atoms with Crippen LogP contribution in [-0.4, -0.2) is 4.98 Å². The Morgan fingerprint density at radius 2 is 1.83 bits per heavy atom. The standard InChI is InChI=1S/C16H12FN/c17-15-6-3-4-12(9-15)8-14-11-18-10-13-5-1-2-7-16(13)14/h1-7,9-11H,8H2. The lowest BCUT2D eigenvalue weighted by atomic mass is 10.0. The van der Waals surface area contributed by atoms with Gasteiger partial charge in [0.2, 0.25) is 0 Å². The van der Waals surface area contributed by atoms with E-state index in [0.717, 1.165) is 16.5 Å². The normalized spacial score (nSPS) is 10.7. The molecule has 0 N–H and O–H groups in total. The minimum Gasteiger partial charge on any atom is -0.264 e. The number of hydrogen-bond donors (Lipinski definition) is 0. The number of halogens is 1. The molecule has 3 aromatic rings. The number of aromatic nitrogens is 1. The summed E-state index contributed by atoms with van der Waals surface area (Å²) in [6.45, 7) is 0. The van der Waals surface area contributed by atoms with Crippen molar-refractivity contribution in [2.75, 3.05) is 0 Å². The zero-order valence-corrected chi connectivity index (χ0v) is 9.81. The first kappa shape index (κ1) is 10.9. The second-order valence-corrected chi connectivity index (χ2v) is 4.33. The van der Waals surface area contributed by atoms with Crippen LogP contribution >= 0.6 is 0 Å². The van der Waals surface area contributed by atoms with Gasteiger partial charge >= 0.3 is 0 Å². The van der Waals surface area contributed by atoms with Gasteiger partial charge in [-0.2, -0.15) is 0 Å². The minimum absolute atomic E-state index is 0.194. The molecule has 18 heavy (non-hydrogen) atoms. The zero-order valence-electron chi connectivity index (χ0n) is 9.81. The summed E-state index contributed by atoms with van der Waals surface area (Å²) >= 11 is 0. The van der Waals surface area contributed by atoms with Crippen molar-refractivity contribution in [2.45, 2.75) is 6.42 Å². The molecule has 0 spiro atoms. The van der Waals surface area contributed by atoms with Gasteiger partial charge in [-0.25, -0.2) is 4.39 Å². The maximum Gasteiger partial charge on any atom is 0.123 e. The zero-order chi connectivity index (χ0) is 12.4. The lowest BCUT2D eigenvalue weighted by molar-refractivity contribution is 0.626. The summed E-state index contributed by atoms with van der Waals surface area (Å²) in [5, 5.41) is 2.29. The molecule has 2 aromatic carbocycles. The highest BCUT2D eigenvalue weighted by molar-refractivity contribution is 5.84. The molecule has 0 radical (unpaired) electrons. The number of pyridine rings is 1. The summed E-state index contributed by atoms with van der Waals surface area (Å²) in [6.07, 6.45) is 4.41. The van der Waals surface area contributed by atoms with Crippen molar-refractivity contribution in [1.82, 2.24) is 4.98 Å². The van der Waals surface area contributed by atoms with Gasteiger partial charge in [0.15, 0.2) is 0 Å². The van der Waals surface area contributed by atoms with Crippen LogP contribution in [0.3, 0.4) is 0 Å². The second kappa shape index (κ2) is 4.57. The van der Waals surface area contributed by atoms with Crippen molar-refractivity contribution in [3.63, 3.8) is 0 Å². The van der Waals surface area contributed by atoms with Crippen molar-refractivity contribution in [2.24, 2.45) is 0 Å². The molecule has 0 aliphatic heterocycles. The number of nitrogens with zero attached hydrogens (tertiary/aromatic N) is 1. The van der Waals surface area contributed by atoms with Crippen molar-refractivity contribution >= 4 is 10.8 Å². The maximum atomic E-state index is 13.2. The minimum atomic E-state index is -0.194. The maximum absolute atomic E-state index is 13.2. The van der Waals surface area contributed by atoms with Gasteiger partial charge in [-0.05, 0) is 35.1 Å². The molecule has 0 saturated carbocycles. The Bertz CT molecular complexity index is 686. The van der Waals surface area contributed by atoms with E-state index in [4.69, 9.17) is 0 Å². The number of rotatable bonds is 2. The second-order valence-electron chi connectivity index (χ2n) is 4.33. The Labute approximate surface area is 105 Å². The Kier molecular flexibility index (Phi) is 2.77. The van der Waals surface area contributed by atoms with Crippen LogP contribution in [-0.2, 0) is 6.42 Å². The van der Waals surface area contributed by atoms with Gasteiger partial charge in [-0.15, -0.1) is 0 Å². The fourth-order valence-electron chi connectivity index (χ4n) is 2.19. The van der Waals surface area contributed by atoms with E-state index in [9.17, 15) is 4.39 Å². The molecule has 0 fully saturated rings. The smallest absolute Gasteiger partial charge is 0.123 e. The van der Waals surface area contributed by atoms with Gasteiger partial charge in [0.05, 0.1) is 0 Å². The van der Waals surface area contributed by atoms with Crippen LogP contribution in [0.2, 0.25) is 0 Å². The first-order valence-corrected chi connectivity index (χ1v) is 5.89. The molecular weight excluding hydrogens is 225 g/mol.